The highest BCUT2D eigenvalue weighted by molar-refractivity contribution is 8.78. The van der Waals surface area contributed by atoms with Crippen LogP contribution in [0.2, 0.25) is 0 Å². The largest absolute Gasteiger partial charge is 0.392 e. The van der Waals surface area contributed by atoms with Crippen LogP contribution >= 0.6 is 21.6 Å². The van der Waals surface area contributed by atoms with Gasteiger partial charge in [0.05, 0.1) is 24.2 Å². The smallest absolute Gasteiger partial charge is 0.264 e. The van der Waals surface area contributed by atoms with Gasteiger partial charge in [-0.05, 0) is 17.7 Å². The van der Waals surface area contributed by atoms with Crippen molar-refractivity contribution in [2.24, 2.45) is 5.41 Å². The van der Waals surface area contributed by atoms with Crippen LogP contribution in [0.3, 0.4) is 0 Å². The molecule has 0 aromatic rings. The molecule has 2 amide bonds. The molecule has 9 nitrogen and oxygen atoms in total. The van der Waals surface area contributed by atoms with Gasteiger partial charge in [-0.2, -0.15) is 0 Å². The first-order chi connectivity index (χ1) is 13.3. The van der Waals surface area contributed by atoms with Crippen LogP contribution < -0.4 is 0 Å². The predicted octanol–water partition coefficient (Wildman–Crippen LogP) is -0.912. The molecule has 3 N–H and O–H groups in total. The number of fused-ring (bicyclic) bond motifs is 3. The summed E-state index contributed by atoms with van der Waals surface area (Å²) in [6.07, 6.45) is -2.34. The van der Waals surface area contributed by atoms with Gasteiger partial charge >= 0.3 is 0 Å². The summed E-state index contributed by atoms with van der Waals surface area (Å²) in [5, 5.41) is 32.8. The maximum absolute atomic E-state index is 13.5. The fraction of sp³-hybridized carbons (Fsp3) is 0.833. The van der Waals surface area contributed by atoms with E-state index in [1.54, 1.807) is 20.8 Å². The van der Waals surface area contributed by atoms with Crippen molar-refractivity contribution in [1.82, 2.24) is 9.80 Å². The number of hydrogen-bond acceptors (Lipinski definition) is 9. The van der Waals surface area contributed by atoms with Gasteiger partial charge < -0.3 is 29.9 Å². The van der Waals surface area contributed by atoms with E-state index in [0.29, 0.717) is 0 Å². The topological polar surface area (TPSA) is 128 Å². The first-order valence-corrected chi connectivity index (χ1v) is 11.7. The van der Waals surface area contributed by atoms with Gasteiger partial charge in [0.15, 0.2) is 16.3 Å². The number of ether oxygens (including phenoxy) is 1. The molecule has 0 aromatic carbocycles. The molecule has 1 saturated carbocycles. The highest BCUT2D eigenvalue weighted by Crippen LogP contribution is 2.68. The third-order valence-electron chi connectivity index (χ3n) is 7.85. The second-order valence-electron chi connectivity index (χ2n) is 9.42. The van der Waals surface area contributed by atoms with Crippen LogP contribution in [0.1, 0.15) is 33.6 Å². The monoisotopic (exact) mass is 444 g/mol. The van der Waals surface area contributed by atoms with Crippen molar-refractivity contribution in [3.8, 4) is 0 Å². The minimum absolute atomic E-state index is 0.0888. The molecule has 1 aliphatic carbocycles. The van der Waals surface area contributed by atoms with E-state index in [9.17, 15) is 29.7 Å². The maximum Gasteiger partial charge on any atom is 0.264 e. The Kier molecular flexibility index (Phi) is 3.67. The van der Waals surface area contributed by atoms with Crippen molar-refractivity contribution >= 4 is 39.2 Å². The fourth-order valence-corrected chi connectivity index (χ4v) is 9.41. The highest BCUT2D eigenvalue weighted by Gasteiger charge is 2.83. The molecule has 0 radical (unpaired) electrons. The molecule has 6 fully saturated rings. The lowest BCUT2D eigenvalue weighted by Crippen LogP contribution is -2.77. The quantitative estimate of drug-likeness (QED) is 0.440. The number of rotatable bonds is 1. The molecule has 6 aliphatic rings. The van der Waals surface area contributed by atoms with Gasteiger partial charge in [0.25, 0.3) is 11.8 Å². The number of carbonyl (C=O) groups is 3. The summed E-state index contributed by atoms with van der Waals surface area (Å²) in [5.74, 6) is -1.20. The highest BCUT2D eigenvalue weighted by atomic mass is 33.1. The summed E-state index contributed by atoms with van der Waals surface area (Å²) in [5.41, 5.74) is -4.35. The van der Waals surface area contributed by atoms with Crippen molar-refractivity contribution in [1.29, 1.82) is 0 Å². The average molecular weight is 445 g/mol. The molecule has 29 heavy (non-hydrogen) atoms. The number of likely N-dealkylation sites (N-methyl/N-ethyl adjacent to an activating group) is 1. The van der Waals surface area contributed by atoms with Gasteiger partial charge in [-0.25, -0.2) is 0 Å². The third-order valence-corrected chi connectivity index (χ3v) is 11.5. The molecule has 5 heterocycles. The van der Waals surface area contributed by atoms with Crippen LogP contribution in [-0.2, 0) is 19.1 Å². The maximum atomic E-state index is 13.5. The molecule has 6 rings (SSSR count). The normalized spacial score (nSPS) is 52.7. The van der Waals surface area contributed by atoms with Crippen molar-refractivity contribution in [2.75, 3.05) is 13.7 Å². The molecular weight excluding hydrogens is 420 g/mol. The van der Waals surface area contributed by atoms with Crippen LogP contribution in [0.15, 0.2) is 0 Å². The van der Waals surface area contributed by atoms with Gasteiger partial charge in [-0.3, -0.25) is 14.4 Å². The Morgan fingerprint density at radius 2 is 1.86 bits per heavy atom. The fourth-order valence-electron chi connectivity index (χ4n) is 5.76. The van der Waals surface area contributed by atoms with E-state index in [1.165, 1.54) is 16.8 Å². The molecule has 5 aliphatic heterocycles. The number of aliphatic hydroxyl groups is 3. The number of hydrogen-bond donors (Lipinski definition) is 3. The number of aliphatic hydroxyl groups excluding tert-OH is 2. The Bertz CT molecular complexity index is 869. The summed E-state index contributed by atoms with van der Waals surface area (Å²) in [4.78, 5) is 39.6. The van der Waals surface area contributed by atoms with E-state index >= 15 is 0 Å². The molecule has 2 bridgehead atoms. The molecule has 7 atom stereocenters. The Balaban J connectivity index is 1.63. The van der Waals surface area contributed by atoms with Crippen LogP contribution in [0.25, 0.3) is 0 Å². The summed E-state index contributed by atoms with van der Waals surface area (Å²) in [6, 6.07) is -0.966. The summed E-state index contributed by atoms with van der Waals surface area (Å²) < 4.78 is 5.99. The molecule has 5 saturated heterocycles. The number of carbonyl (C=O) groups excluding carboxylic acids is 3. The van der Waals surface area contributed by atoms with E-state index in [0.717, 1.165) is 21.6 Å². The molecule has 0 aromatic heterocycles. The SMILES string of the molecule is CC1OC2(CC3N4C(=O)[C@@]5(CO)SS[C@]4(C[C@@]3(O)C2O)C(=O)N5C)C(=O)C1(C)C. The van der Waals surface area contributed by atoms with Crippen molar-refractivity contribution in [3.63, 3.8) is 0 Å². The van der Waals surface area contributed by atoms with E-state index in [4.69, 9.17) is 4.74 Å². The minimum Gasteiger partial charge on any atom is -0.392 e. The predicted molar refractivity (Wildman–Crippen MR) is 103 cm³/mol. The molecular formula is C18H24N2O7S2. The summed E-state index contributed by atoms with van der Waals surface area (Å²) in [6.45, 7) is 4.65. The zero-order valence-electron chi connectivity index (χ0n) is 16.5. The van der Waals surface area contributed by atoms with Crippen LogP contribution in [0.4, 0.5) is 0 Å². The van der Waals surface area contributed by atoms with Gasteiger partial charge in [-0.1, -0.05) is 24.6 Å². The van der Waals surface area contributed by atoms with E-state index in [1.807, 2.05) is 0 Å². The molecule has 160 valence electrons. The van der Waals surface area contributed by atoms with Crippen LogP contribution in [-0.4, -0.2) is 95.6 Å². The van der Waals surface area contributed by atoms with Crippen molar-refractivity contribution in [2.45, 2.75) is 72.8 Å². The number of Topliss-reactive ketones (excluding diaryl/α,β-unsaturated/α-hetero) is 1. The van der Waals surface area contributed by atoms with Crippen LogP contribution in [0, 0.1) is 5.41 Å². The average Bonchev–Trinajstić information content (AvgIpc) is 3.12. The first-order valence-electron chi connectivity index (χ1n) is 9.58. The van der Waals surface area contributed by atoms with Crippen molar-refractivity contribution in [3.05, 3.63) is 0 Å². The minimum atomic E-state index is -1.87. The van der Waals surface area contributed by atoms with Gasteiger partial charge in [0.2, 0.25) is 4.87 Å². The summed E-state index contributed by atoms with van der Waals surface area (Å²) >= 11 is 0. The van der Waals surface area contributed by atoms with E-state index < -0.39 is 63.0 Å². The summed E-state index contributed by atoms with van der Waals surface area (Å²) in [7, 11) is 3.70. The Morgan fingerprint density at radius 3 is 2.41 bits per heavy atom. The third kappa shape index (κ3) is 1.82. The first kappa shape index (κ1) is 20.1. The number of amides is 2. The number of nitrogens with zero attached hydrogens (tertiary/aromatic N) is 2. The van der Waals surface area contributed by atoms with Gasteiger partial charge in [0, 0.05) is 19.9 Å². The number of piperazine rings is 1. The number of ketones is 1. The molecule has 2 spiro atoms. The molecule has 11 heteroatoms. The zero-order chi connectivity index (χ0) is 21.4. The van der Waals surface area contributed by atoms with E-state index in [2.05, 4.69) is 0 Å². The molecule has 4 unspecified atom stereocenters. The van der Waals surface area contributed by atoms with E-state index in [-0.39, 0.29) is 18.6 Å². The Morgan fingerprint density at radius 1 is 1.21 bits per heavy atom. The van der Waals surface area contributed by atoms with Crippen LogP contribution in [0.5, 0.6) is 0 Å². The lowest BCUT2D eigenvalue weighted by atomic mass is 9.76. The zero-order valence-corrected chi connectivity index (χ0v) is 18.2. The lowest BCUT2D eigenvalue weighted by molar-refractivity contribution is -0.169. The second-order valence-corrected chi connectivity index (χ2v) is 12.1. The van der Waals surface area contributed by atoms with Crippen molar-refractivity contribution < 1.29 is 34.4 Å². The van der Waals surface area contributed by atoms with Gasteiger partial charge in [0.1, 0.15) is 11.7 Å². The lowest BCUT2D eigenvalue weighted by Gasteiger charge is -2.58. The Labute approximate surface area is 175 Å². The van der Waals surface area contributed by atoms with Gasteiger partial charge in [-0.15, -0.1) is 0 Å². The Hall–Kier alpha value is -0.850. The second kappa shape index (κ2) is 5.31. The standard InChI is InChI=1S/C18H24N2O7S2/c1-8-14(2,3)10(22)16(27-8)5-9-15(26,11(16)23)6-17-12(24)19(4)18(7-21,29-28-17)13(25)20(9)17/h8-9,11,21,23,26H,5-7H2,1-4H3/t8?,9?,11?,15-,16?,17+,18+/m0/s1.